The first kappa shape index (κ1) is 11.9. The van der Waals surface area contributed by atoms with Crippen LogP contribution in [0.2, 0.25) is 0 Å². The van der Waals surface area contributed by atoms with Crippen LogP contribution in [0.4, 0.5) is 0 Å². The summed E-state index contributed by atoms with van der Waals surface area (Å²) in [6.07, 6.45) is 1.43. The molecule has 1 saturated carbocycles. The number of rotatable bonds is 6. The van der Waals surface area contributed by atoms with Crippen molar-refractivity contribution in [2.45, 2.75) is 32.2 Å². The second-order valence-corrected chi connectivity index (χ2v) is 5.79. The molecule has 1 rings (SSSR count). The molecule has 0 aromatic rings. The average molecular weight is 222 g/mol. The fourth-order valence-corrected chi connectivity index (χ4v) is 2.50. The molecule has 1 fully saturated rings. The molecule has 14 heavy (non-hydrogen) atoms. The van der Waals surface area contributed by atoms with Crippen LogP contribution in [-0.4, -0.2) is 32.2 Å². The molecule has 0 radical (unpaired) electrons. The molecule has 3 N–H and O–H groups in total. The Morgan fingerprint density at radius 2 is 2.00 bits per heavy atom. The largest absolute Gasteiger partial charge is 0.394 e. The van der Waals surface area contributed by atoms with Crippen molar-refractivity contribution in [3.05, 3.63) is 0 Å². The normalized spacial score (nSPS) is 20.0. The first-order chi connectivity index (χ1) is 6.39. The zero-order chi connectivity index (χ0) is 10.8. The fraction of sp³-hybridized carbons (Fsp3) is 1.00. The Balaban J connectivity index is 2.42. The minimum Gasteiger partial charge on any atom is -0.394 e. The molecule has 0 atom stereocenters. The summed E-state index contributed by atoms with van der Waals surface area (Å²) in [4.78, 5) is 0. The molecule has 0 aromatic carbocycles. The molecular weight excluding hydrogens is 204 g/mol. The van der Waals surface area contributed by atoms with Gasteiger partial charge in [-0.05, 0) is 18.8 Å². The average Bonchev–Trinajstić information content (AvgIpc) is 2.82. The van der Waals surface area contributed by atoms with Gasteiger partial charge < -0.3 is 5.11 Å². The Bertz CT molecular complexity index is 283. The van der Waals surface area contributed by atoms with Crippen molar-refractivity contribution in [1.82, 2.24) is 9.44 Å². The predicted octanol–water partition coefficient (Wildman–Crippen LogP) is -0.409. The number of nitrogens with one attached hydrogen (secondary N) is 2. The van der Waals surface area contributed by atoms with Crippen LogP contribution < -0.4 is 9.44 Å². The van der Waals surface area contributed by atoms with Gasteiger partial charge in [0.1, 0.15) is 0 Å². The maximum Gasteiger partial charge on any atom is 0.277 e. The minimum atomic E-state index is -3.44. The molecule has 0 amide bonds. The summed E-state index contributed by atoms with van der Waals surface area (Å²) in [5.41, 5.74) is -0.581. The van der Waals surface area contributed by atoms with Crippen LogP contribution in [-0.2, 0) is 10.2 Å². The van der Waals surface area contributed by atoms with Gasteiger partial charge in [-0.15, -0.1) is 0 Å². The van der Waals surface area contributed by atoms with Crippen LogP contribution in [0.25, 0.3) is 0 Å². The first-order valence-electron chi connectivity index (χ1n) is 4.78. The van der Waals surface area contributed by atoms with Gasteiger partial charge >= 0.3 is 0 Å². The molecule has 1 aliphatic rings. The third kappa shape index (κ3) is 3.53. The summed E-state index contributed by atoms with van der Waals surface area (Å²) in [5, 5.41) is 8.94. The molecule has 0 spiro atoms. The smallest absolute Gasteiger partial charge is 0.277 e. The van der Waals surface area contributed by atoms with Crippen molar-refractivity contribution >= 4 is 10.2 Å². The highest BCUT2D eigenvalue weighted by Crippen LogP contribution is 2.34. The fourth-order valence-electron chi connectivity index (χ4n) is 1.04. The van der Waals surface area contributed by atoms with Gasteiger partial charge in [0.25, 0.3) is 10.2 Å². The standard InChI is InChI=1S/C8H18N2O3S/c1-7(2)5-9-14(12,13)10-8(6-11)3-4-8/h7,9-11H,3-6H2,1-2H3. The van der Waals surface area contributed by atoms with Gasteiger partial charge in [-0.3, -0.25) is 0 Å². The van der Waals surface area contributed by atoms with E-state index in [-0.39, 0.29) is 12.5 Å². The minimum absolute atomic E-state index is 0.129. The zero-order valence-corrected chi connectivity index (χ0v) is 9.39. The van der Waals surface area contributed by atoms with E-state index in [0.717, 1.165) is 0 Å². The quantitative estimate of drug-likeness (QED) is 0.572. The van der Waals surface area contributed by atoms with Crippen molar-refractivity contribution in [2.24, 2.45) is 5.92 Å². The van der Waals surface area contributed by atoms with E-state index in [1.807, 2.05) is 13.8 Å². The molecule has 0 heterocycles. The van der Waals surface area contributed by atoms with E-state index in [0.29, 0.717) is 19.4 Å². The lowest BCUT2D eigenvalue weighted by Gasteiger charge is -2.15. The third-order valence-electron chi connectivity index (χ3n) is 2.19. The van der Waals surface area contributed by atoms with Crippen LogP contribution in [0.1, 0.15) is 26.7 Å². The van der Waals surface area contributed by atoms with Gasteiger partial charge in [0.05, 0.1) is 12.1 Å². The predicted molar refractivity (Wildman–Crippen MR) is 53.9 cm³/mol. The van der Waals surface area contributed by atoms with Gasteiger partial charge in [-0.25, -0.2) is 4.72 Å². The van der Waals surface area contributed by atoms with Crippen LogP contribution in [0.15, 0.2) is 0 Å². The van der Waals surface area contributed by atoms with E-state index in [2.05, 4.69) is 9.44 Å². The summed E-state index contributed by atoms with van der Waals surface area (Å²) in [5.74, 6) is 0.274. The summed E-state index contributed by atoms with van der Waals surface area (Å²) in [6, 6.07) is 0. The summed E-state index contributed by atoms with van der Waals surface area (Å²) >= 11 is 0. The Morgan fingerprint density at radius 1 is 1.43 bits per heavy atom. The highest BCUT2D eigenvalue weighted by atomic mass is 32.2. The van der Waals surface area contributed by atoms with Gasteiger partial charge in [0.15, 0.2) is 0 Å². The number of hydrogen-bond acceptors (Lipinski definition) is 3. The molecule has 0 bridgehead atoms. The SMILES string of the molecule is CC(C)CNS(=O)(=O)NC1(CO)CC1. The summed E-state index contributed by atoms with van der Waals surface area (Å²) in [6.45, 7) is 4.15. The lowest BCUT2D eigenvalue weighted by molar-refractivity contribution is 0.246. The number of aliphatic hydroxyl groups is 1. The van der Waals surface area contributed by atoms with E-state index in [1.165, 1.54) is 0 Å². The van der Waals surface area contributed by atoms with E-state index in [9.17, 15) is 8.42 Å². The zero-order valence-electron chi connectivity index (χ0n) is 8.58. The Labute approximate surface area is 85.1 Å². The van der Waals surface area contributed by atoms with Crippen molar-refractivity contribution in [1.29, 1.82) is 0 Å². The van der Waals surface area contributed by atoms with Crippen LogP contribution in [0.3, 0.4) is 0 Å². The van der Waals surface area contributed by atoms with Gasteiger partial charge in [-0.2, -0.15) is 13.1 Å². The second kappa shape index (κ2) is 4.14. The molecule has 0 saturated heterocycles. The van der Waals surface area contributed by atoms with Crippen molar-refractivity contribution in [3.8, 4) is 0 Å². The van der Waals surface area contributed by atoms with Crippen LogP contribution in [0, 0.1) is 5.92 Å². The van der Waals surface area contributed by atoms with Crippen molar-refractivity contribution in [3.63, 3.8) is 0 Å². The maximum atomic E-state index is 11.4. The molecular formula is C8H18N2O3S. The topological polar surface area (TPSA) is 78.4 Å². The lowest BCUT2D eigenvalue weighted by atomic mass is 10.2. The summed E-state index contributed by atoms with van der Waals surface area (Å²) < 4.78 is 27.7. The van der Waals surface area contributed by atoms with Gasteiger partial charge in [0.2, 0.25) is 0 Å². The van der Waals surface area contributed by atoms with Gasteiger partial charge in [0, 0.05) is 6.54 Å². The van der Waals surface area contributed by atoms with Crippen LogP contribution >= 0.6 is 0 Å². The monoisotopic (exact) mass is 222 g/mol. The molecule has 1 aliphatic carbocycles. The number of aliphatic hydroxyl groups excluding tert-OH is 1. The Morgan fingerprint density at radius 3 is 2.36 bits per heavy atom. The van der Waals surface area contributed by atoms with Crippen LogP contribution in [0.5, 0.6) is 0 Å². The maximum absolute atomic E-state index is 11.4. The van der Waals surface area contributed by atoms with Gasteiger partial charge in [-0.1, -0.05) is 13.8 Å². The van der Waals surface area contributed by atoms with E-state index in [4.69, 9.17) is 5.11 Å². The van der Waals surface area contributed by atoms with Crippen molar-refractivity contribution in [2.75, 3.05) is 13.2 Å². The molecule has 0 aromatic heterocycles. The number of hydrogen-bond donors (Lipinski definition) is 3. The van der Waals surface area contributed by atoms with E-state index >= 15 is 0 Å². The molecule has 0 unspecified atom stereocenters. The Hall–Kier alpha value is -0.170. The molecule has 84 valence electrons. The summed E-state index contributed by atoms with van der Waals surface area (Å²) in [7, 11) is -3.44. The highest BCUT2D eigenvalue weighted by Gasteiger charge is 2.45. The lowest BCUT2D eigenvalue weighted by Crippen LogP contribution is -2.46. The van der Waals surface area contributed by atoms with E-state index < -0.39 is 15.7 Å². The Kier molecular flexibility index (Phi) is 3.52. The first-order valence-corrected chi connectivity index (χ1v) is 6.27. The molecule has 0 aliphatic heterocycles. The molecule has 6 heteroatoms. The second-order valence-electron chi connectivity index (χ2n) is 4.29. The van der Waals surface area contributed by atoms with E-state index in [1.54, 1.807) is 0 Å². The van der Waals surface area contributed by atoms with Crippen molar-refractivity contribution < 1.29 is 13.5 Å². The molecule has 5 nitrogen and oxygen atoms in total. The third-order valence-corrected chi connectivity index (χ3v) is 3.44. The highest BCUT2D eigenvalue weighted by molar-refractivity contribution is 7.87.